The van der Waals surface area contributed by atoms with E-state index in [2.05, 4.69) is 23.3 Å². The van der Waals surface area contributed by atoms with Gasteiger partial charge in [-0.25, -0.2) is 0 Å². The van der Waals surface area contributed by atoms with Crippen molar-refractivity contribution in [2.75, 3.05) is 16.5 Å². The second kappa shape index (κ2) is 3.30. The van der Waals surface area contributed by atoms with Gasteiger partial charge in [-0.2, -0.15) is 12.6 Å². The maximum absolute atomic E-state index is 11.0. The number of hydrogen-bond acceptors (Lipinski definition) is 3. The van der Waals surface area contributed by atoms with Crippen LogP contribution in [0.5, 0.6) is 0 Å². The van der Waals surface area contributed by atoms with Crippen molar-refractivity contribution in [2.45, 2.75) is 6.42 Å². The summed E-state index contributed by atoms with van der Waals surface area (Å²) in [4.78, 5) is 11.0. The Morgan fingerprint density at radius 2 is 2.38 bits per heavy atom. The Hall–Kier alpha value is -1.16. The van der Waals surface area contributed by atoms with Gasteiger partial charge in [0.15, 0.2) is 0 Å². The molecule has 4 heteroatoms. The Balaban J connectivity index is 2.29. The lowest BCUT2D eigenvalue weighted by atomic mass is 10.1. The first kappa shape index (κ1) is 8.44. The van der Waals surface area contributed by atoms with Gasteiger partial charge in [0.25, 0.3) is 0 Å². The first-order valence-electron chi connectivity index (χ1n) is 4.07. The van der Waals surface area contributed by atoms with E-state index in [9.17, 15) is 4.79 Å². The fourth-order valence-corrected chi connectivity index (χ4v) is 1.61. The molecule has 0 saturated carbocycles. The lowest BCUT2D eigenvalue weighted by Crippen LogP contribution is -2.03. The van der Waals surface area contributed by atoms with Crippen molar-refractivity contribution in [3.63, 3.8) is 0 Å². The fraction of sp³-hybridized carbons (Fsp3) is 0.222. The van der Waals surface area contributed by atoms with Crippen molar-refractivity contribution < 1.29 is 4.79 Å². The largest absolute Gasteiger partial charge is 0.376 e. The van der Waals surface area contributed by atoms with Crippen molar-refractivity contribution in [3.8, 4) is 0 Å². The summed E-state index contributed by atoms with van der Waals surface area (Å²) in [5.74, 6) is 0.665. The van der Waals surface area contributed by atoms with E-state index in [1.54, 1.807) is 0 Å². The molecule has 0 fully saturated rings. The third-order valence-electron chi connectivity index (χ3n) is 2.01. The Kier molecular flexibility index (Phi) is 2.14. The van der Waals surface area contributed by atoms with Crippen LogP contribution in [0.4, 0.5) is 11.4 Å². The Morgan fingerprint density at radius 3 is 3.15 bits per heavy atom. The minimum atomic E-state index is 0.0676. The highest BCUT2D eigenvalue weighted by Crippen LogP contribution is 2.25. The van der Waals surface area contributed by atoms with E-state index in [4.69, 9.17) is 0 Å². The van der Waals surface area contributed by atoms with Crippen molar-refractivity contribution in [2.24, 2.45) is 0 Å². The average Bonchev–Trinajstić information content (AvgIpc) is 2.44. The van der Waals surface area contributed by atoms with Crippen LogP contribution in [0.2, 0.25) is 0 Å². The summed E-state index contributed by atoms with van der Waals surface area (Å²) in [6, 6.07) is 5.82. The van der Waals surface area contributed by atoms with Crippen molar-refractivity contribution in [3.05, 3.63) is 23.8 Å². The zero-order valence-electron chi connectivity index (χ0n) is 7.00. The van der Waals surface area contributed by atoms with Crippen LogP contribution in [0.25, 0.3) is 0 Å². The molecule has 1 aromatic rings. The van der Waals surface area contributed by atoms with Crippen molar-refractivity contribution >= 4 is 29.9 Å². The summed E-state index contributed by atoms with van der Waals surface area (Å²) in [7, 11) is 0. The minimum Gasteiger partial charge on any atom is -0.376 e. The number of nitrogens with one attached hydrogen (secondary N) is 2. The van der Waals surface area contributed by atoms with Crippen LogP contribution < -0.4 is 10.6 Å². The molecule has 0 aliphatic carbocycles. The molecule has 0 atom stereocenters. The zero-order chi connectivity index (χ0) is 9.26. The molecule has 3 nitrogen and oxygen atoms in total. The maximum atomic E-state index is 11.0. The topological polar surface area (TPSA) is 41.1 Å². The van der Waals surface area contributed by atoms with Gasteiger partial charge in [0.05, 0.1) is 12.3 Å². The highest BCUT2D eigenvalue weighted by molar-refractivity contribution is 7.80. The number of hydrogen-bond donors (Lipinski definition) is 3. The van der Waals surface area contributed by atoms with Gasteiger partial charge in [-0.15, -0.1) is 0 Å². The fourth-order valence-electron chi connectivity index (χ4n) is 1.43. The van der Waals surface area contributed by atoms with Crippen molar-refractivity contribution in [1.29, 1.82) is 0 Å². The van der Waals surface area contributed by atoms with E-state index in [-0.39, 0.29) is 5.91 Å². The lowest BCUT2D eigenvalue weighted by molar-refractivity contribution is -0.115. The molecule has 1 aliphatic heterocycles. The van der Waals surface area contributed by atoms with Crippen LogP contribution in [0.1, 0.15) is 5.56 Å². The van der Waals surface area contributed by atoms with Gasteiger partial charge in [0, 0.05) is 11.4 Å². The van der Waals surface area contributed by atoms with Gasteiger partial charge in [0.2, 0.25) is 5.91 Å². The molecule has 0 aromatic heterocycles. The molecule has 13 heavy (non-hydrogen) atoms. The average molecular weight is 194 g/mol. The second-order valence-electron chi connectivity index (χ2n) is 2.93. The van der Waals surface area contributed by atoms with Crippen LogP contribution >= 0.6 is 12.6 Å². The number of rotatable bonds is 2. The molecule has 0 spiro atoms. The van der Waals surface area contributed by atoms with Crippen LogP contribution in [0, 0.1) is 0 Å². The number of carbonyl (C=O) groups excluding carboxylic acids is 1. The van der Waals surface area contributed by atoms with E-state index in [1.165, 1.54) is 0 Å². The molecule has 1 amide bonds. The normalized spacial score (nSPS) is 13.8. The lowest BCUT2D eigenvalue weighted by Gasteiger charge is -2.04. The number of fused-ring (bicyclic) bond motifs is 1. The van der Waals surface area contributed by atoms with Gasteiger partial charge in [-0.1, -0.05) is 0 Å². The maximum Gasteiger partial charge on any atom is 0.228 e. The van der Waals surface area contributed by atoms with Crippen molar-refractivity contribution in [1.82, 2.24) is 0 Å². The third-order valence-corrected chi connectivity index (χ3v) is 2.17. The highest BCUT2D eigenvalue weighted by atomic mass is 32.1. The SMILES string of the molecule is O=C1Cc2cc(NCS)ccc2N1. The first-order valence-corrected chi connectivity index (χ1v) is 4.70. The molecule has 68 valence electrons. The number of amides is 1. The third kappa shape index (κ3) is 1.62. The molecule has 2 N–H and O–H groups in total. The van der Waals surface area contributed by atoms with Gasteiger partial charge in [-0.05, 0) is 23.8 Å². The standard InChI is InChI=1S/C9H10N2OS/c12-9-4-6-3-7(10-5-13)1-2-8(6)11-9/h1-3,10,13H,4-5H2,(H,11,12). The van der Waals surface area contributed by atoms with Gasteiger partial charge >= 0.3 is 0 Å². The van der Waals surface area contributed by atoms with Gasteiger partial charge in [0.1, 0.15) is 0 Å². The Labute approximate surface area is 81.9 Å². The smallest absolute Gasteiger partial charge is 0.228 e. The van der Waals surface area contributed by atoms with Crippen LogP contribution in [-0.2, 0) is 11.2 Å². The van der Waals surface area contributed by atoms with Gasteiger partial charge in [-0.3, -0.25) is 4.79 Å². The Morgan fingerprint density at radius 1 is 1.54 bits per heavy atom. The highest BCUT2D eigenvalue weighted by Gasteiger charge is 2.16. The number of thiol groups is 1. The monoisotopic (exact) mass is 194 g/mol. The molecule has 0 bridgehead atoms. The summed E-state index contributed by atoms with van der Waals surface area (Å²) in [6.07, 6.45) is 0.484. The molecule has 1 aromatic carbocycles. The zero-order valence-corrected chi connectivity index (χ0v) is 7.90. The first-order chi connectivity index (χ1) is 6.29. The van der Waals surface area contributed by atoms with Crippen LogP contribution in [-0.4, -0.2) is 11.8 Å². The van der Waals surface area contributed by atoms with E-state index in [1.807, 2.05) is 18.2 Å². The molecule has 2 rings (SSSR count). The summed E-state index contributed by atoms with van der Waals surface area (Å²) in [6.45, 7) is 0. The summed E-state index contributed by atoms with van der Waals surface area (Å²) < 4.78 is 0. The predicted octanol–water partition coefficient (Wildman–Crippen LogP) is 1.48. The Bertz CT molecular complexity index is 351. The van der Waals surface area contributed by atoms with Crippen LogP contribution in [0.3, 0.4) is 0 Å². The number of anilines is 2. The molecule has 1 heterocycles. The number of benzene rings is 1. The van der Waals surface area contributed by atoms with E-state index in [0.29, 0.717) is 12.3 Å². The minimum absolute atomic E-state index is 0.0676. The van der Waals surface area contributed by atoms with E-state index >= 15 is 0 Å². The molecule has 1 aliphatic rings. The van der Waals surface area contributed by atoms with Crippen LogP contribution in [0.15, 0.2) is 18.2 Å². The predicted molar refractivity (Wildman–Crippen MR) is 56.3 cm³/mol. The van der Waals surface area contributed by atoms with E-state index in [0.717, 1.165) is 16.9 Å². The van der Waals surface area contributed by atoms with Gasteiger partial charge < -0.3 is 10.6 Å². The summed E-state index contributed by atoms with van der Waals surface area (Å²) >= 11 is 4.06. The summed E-state index contributed by atoms with van der Waals surface area (Å²) in [5, 5.41) is 5.86. The quantitative estimate of drug-likeness (QED) is 0.493. The summed E-state index contributed by atoms with van der Waals surface area (Å²) in [5.41, 5.74) is 2.98. The van der Waals surface area contributed by atoms with E-state index < -0.39 is 0 Å². The number of carbonyl (C=O) groups is 1. The molecule has 0 saturated heterocycles. The molecule has 0 radical (unpaired) electrons. The molecular formula is C9H10N2OS. The molecular weight excluding hydrogens is 184 g/mol. The molecule has 0 unspecified atom stereocenters. The second-order valence-corrected chi connectivity index (χ2v) is 3.25.